The van der Waals surface area contributed by atoms with E-state index in [1.54, 1.807) is 11.0 Å². The Kier molecular flexibility index (Phi) is 6.58. The number of amides is 1. The number of nitrogens with zero attached hydrogens (tertiary/aromatic N) is 3. The van der Waals surface area contributed by atoms with Crippen molar-refractivity contribution in [2.75, 3.05) is 19.8 Å². The number of likely N-dealkylation sites (tertiary alicyclic amines) is 1. The molecule has 6 nitrogen and oxygen atoms in total. The van der Waals surface area contributed by atoms with Crippen molar-refractivity contribution < 1.29 is 14.3 Å². The molecular formula is C22H31N3O3. The highest BCUT2D eigenvalue weighted by Gasteiger charge is 2.37. The molecular weight excluding hydrogens is 354 g/mol. The molecule has 0 N–H and O–H groups in total. The zero-order chi connectivity index (χ0) is 20.3. The van der Waals surface area contributed by atoms with Gasteiger partial charge in [-0.05, 0) is 56.7 Å². The minimum absolute atomic E-state index is 0.117. The molecule has 2 saturated heterocycles. The molecule has 28 heavy (non-hydrogen) atoms. The normalized spacial score (nSPS) is 21.4. The fourth-order valence-electron chi connectivity index (χ4n) is 4.16. The Hall–Kier alpha value is -2.10. The Bertz CT molecular complexity index is 782. The van der Waals surface area contributed by atoms with Gasteiger partial charge in [0, 0.05) is 24.5 Å². The second-order valence-electron chi connectivity index (χ2n) is 8.17. The molecule has 0 aromatic carbocycles. The number of ether oxygens (including phenoxy) is 2. The zero-order valence-electron chi connectivity index (χ0n) is 17.4. The van der Waals surface area contributed by atoms with Crippen LogP contribution in [0.25, 0.3) is 6.08 Å². The number of nitriles is 1. The number of aromatic nitrogens is 1. The van der Waals surface area contributed by atoms with E-state index in [1.165, 1.54) is 0 Å². The lowest BCUT2D eigenvalue weighted by Crippen LogP contribution is -2.50. The Morgan fingerprint density at radius 1 is 1.32 bits per heavy atom. The number of piperidine rings is 1. The van der Waals surface area contributed by atoms with Crippen LogP contribution >= 0.6 is 0 Å². The Morgan fingerprint density at radius 3 is 2.68 bits per heavy atom. The molecule has 1 amide bonds. The maximum atomic E-state index is 13.2. The first kappa shape index (κ1) is 20.6. The second kappa shape index (κ2) is 8.93. The largest absolute Gasteiger partial charge is 0.348 e. The third-order valence-electron chi connectivity index (χ3n) is 5.58. The zero-order valence-corrected chi connectivity index (χ0v) is 17.4. The van der Waals surface area contributed by atoms with Gasteiger partial charge in [-0.25, -0.2) is 0 Å². The van der Waals surface area contributed by atoms with Gasteiger partial charge in [0.15, 0.2) is 6.29 Å². The van der Waals surface area contributed by atoms with Crippen molar-refractivity contribution in [3.05, 3.63) is 28.6 Å². The predicted molar refractivity (Wildman–Crippen MR) is 107 cm³/mol. The van der Waals surface area contributed by atoms with Crippen LogP contribution in [0.1, 0.15) is 50.1 Å². The van der Waals surface area contributed by atoms with Crippen LogP contribution in [0.3, 0.4) is 0 Å². The predicted octanol–water partition coefficient (Wildman–Crippen LogP) is 3.42. The van der Waals surface area contributed by atoms with Gasteiger partial charge in [0.05, 0.1) is 19.3 Å². The van der Waals surface area contributed by atoms with E-state index in [0.717, 1.165) is 42.8 Å². The van der Waals surface area contributed by atoms with Crippen LogP contribution < -0.4 is 0 Å². The van der Waals surface area contributed by atoms with Gasteiger partial charge in [-0.3, -0.25) is 4.79 Å². The van der Waals surface area contributed by atoms with Gasteiger partial charge in [-0.15, -0.1) is 0 Å². The average Bonchev–Trinajstić information content (AvgIpc) is 3.30. The maximum absolute atomic E-state index is 13.2. The standard InChI is InChI=1S/C22H31N3O3/c1-15(2)14-25-16(3)11-18(17(25)4)12-19(13-23)21(26)24-8-6-5-7-20(24)22-27-9-10-28-22/h11-12,15,20,22H,5-10,14H2,1-4H3/b19-12+. The van der Waals surface area contributed by atoms with E-state index in [4.69, 9.17) is 9.47 Å². The van der Waals surface area contributed by atoms with Gasteiger partial charge < -0.3 is 18.9 Å². The molecule has 3 heterocycles. The SMILES string of the molecule is Cc1cc(/C=C(\C#N)C(=O)N2CCCCC2C2OCCO2)c(C)n1CC(C)C. The summed E-state index contributed by atoms with van der Waals surface area (Å²) in [6.07, 6.45) is 4.19. The second-order valence-corrected chi connectivity index (χ2v) is 8.17. The first-order valence-corrected chi connectivity index (χ1v) is 10.2. The number of hydrogen-bond acceptors (Lipinski definition) is 4. The maximum Gasteiger partial charge on any atom is 0.264 e. The molecule has 1 atom stereocenters. The van der Waals surface area contributed by atoms with E-state index >= 15 is 0 Å². The summed E-state index contributed by atoms with van der Waals surface area (Å²) in [6.45, 7) is 11.2. The molecule has 0 aliphatic carbocycles. The molecule has 2 aliphatic rings. The third-order valence-corrected chi connectivity index (χ3v) is 5.58. The smallest absolute Gasteiger partial charge is 0.264 e. The van der Waals surface area contributed by atoms with E-state index in [-0.39, 0.29) is 23.8 Å². The number of carbonyl (C=O) groups is 1. The molecule has 0 radical (unpaired) electrons. The number of rotatable bonds is 5. The highest BCUT2D eigenvalue weighted by Crippen LogP contribution is 2.27. The number of aryl methyl sites for hydroxylation is 1. The summed E-state index contributed by atoms with van der Waals surface area (Å²) in [7, 11) is 0. The summed E-state index contributed by atoms with van der Waals surface area (Å²) in [5.41, 5.74) is 3.34. The van der Waals surface area contributed by atoms with Gasteiger partial charge in [-0.1, -0.05) is 13.8 Å². The van der Waals surface area contributed by atoms with Crippen LogP contribution in [0.4, 0.5) is 0 Å². The monoisotopic (exact) mass is 385 g/mol. The lowest BCUT2D eigenvalue weighted by atomic mass is 10.00. The fourth-order valence-corrected chi connectivity index (χ4v) is 4.16. The number of hydrogen-bond donors (Lipinski definition) is 0. The van der Waals surface area contributed by atoms with Crippen LogP contribution in [0.15, 0.2) is 11.6 Å². The lowest BCUT2D eigenvalue weighted by Gasteiger charge is -2.37. The highest BCUT2D eigenvalue weighted by atomic mass is 16.7. The van der Waals surface area contributed by atoms with Gasteiger partial charge >= 0.3 is 0 Å². The fraction of sp³-hybridized carbons (Fsp3) is 0.636. The average molecular weight is 386 g/mol. The summed E-state index contributed by atoms with van der Waals surface area (Å²) in [5.74, 6) is 0.305. The van der Waals surface area contributed by atoms with Crippen molar-refractivity contribution in [2.45, 2.75) is 65.8 Å². The molecule has 0 saturated carbocycles. The number of carbonyl (C=O) groups excluding carboxylic acids is 1. The van der Waals surface area contributed by atoms with Crippen molar-refractivity contribution in [3.8, 4) is 6.07 Å². The topological polar surface area (TPSA) is 67.5 Å². The van der Waals surface area contributed by atoms with E-state index in [2.05, 4.69) is 37.5 Å². The minimum Gasteiger partial charge on any atom is -0.348 e. The molecule has 0 bridgehead atoms. The lowest BCUT2D eigenvalue weighted by molar-refractivity contribution is -0.146. The molecule has 1 aromatic rings. The molecule has 6 heteroatoms. The summed E-state index contributed by atoms with van der Waals surface area (Å²) >= 11 is 0. The Balaban J connectivity index is 1.86. The van der Waals surface area contributed by atoms with Crippen LogP contribution in [0.5, 0.6) is 0 Å². The van der Waals surface area contributed by atoms with Crippen molar-refractivity contribution in [1.29, 1.82) is 5.26 Å². The first-order valence-electron chi connectivity index (χ1n) is 10.2. The Labute approximate surface area is 167 Å². The summed E-state index contributed by atoms with van der Waals surface area (Å²) < 4.78 is 13.6. The summed E-state index contributed by atoms with van der Waals surface area (Å²) in [4.78, 5) is 15.0. The molecule has 3 rings (SSSR count). The summed E-state index contributed by atoms with van der Waals surface area (Å²) in [6, 6.07) is 4.07. The van der Waals surface area contributed by atoms with Crippen molar-refractivity contribution in [2.24, 2.45) is 5.92 Å². The molecule has 152 valence electrons. The van der Waals surface area contributed by atoms with Gasteiger partial charge in [0.25, 0.3) is 5.91 Å². The van der Waals surface area contributed by atoms with Gasteiger partial charge in [0.2, 0.25) is 0 Å². The van der Waals surface area contributed by atoms with Crippen molar-refractivity contribution >= 4 is 12.0 Å². The molecule has 2 fully saturated rings. The summed E-state index contributed by atoms with van der Waals surface area (Å²) in [5, 5.41) is 9.72. The van der Waals surface area contributed by atoms with Gasteiger partial charge in [-0.2, -0.15) is 5.26 Å². The van der Waals surface area contributed by atoms with E-state index in [1.807, 2.05) is 6.92 Å². The highest BCUT2D eigenvalue weighted by molar-refractivity contribution is 6.02. The van der Waals surface area contributed by atoms with E-state index in [0.29, 0.717) is 25.7 Å². The van der Waals surface area contributed by atoms with Crippen LogP contribution in [-0.2, 0) is 20.8 Å². The molecule has 0 spiro atoms. The Morgan fingerprint density at radius 2 is 2.04 bits per heavy atom. The molecule has 2 aliphatic heterocycles. The van der Waals surface area contributed by atoms with Crippen molar-refractivity contribution in [3.63, 3.8) is 0 Å². The molecule has 1 unspecified atom stereocenters. The van der Waals surface area contributed by atoms with E-state index < -0.39 is 0 Å². The van der Waals surface area contributed by atoms with Crippen LogP contribution in [0, 0.1) is 31.1 Å². The van der Waals surface area contributed by atoms with Crippen LogP contribution in [-0.4, -0.2) is 47.5 Å². The third kappa shape index (κ3) is 4.31. The van der Waals surface area contributed by atoms with Gasteiger partial charge in [0.1, 0.15) is 11.6 Å². The quantitative estimate of drug-likeness (QED) is 0.575. The van der Waals surface area contributed by atoms with Crippen LogP contribution in [0.2, 0.25) is 0 Å². The van der Waals surface area contributed by atoms with Crippen molar-refractivity contribution in [1.82, 2.24) is 9.47 Å². The minimum atomic E-state index is -0.375. The van der Waals surface area contributed by atoms with E-state index in [9.17, 15) is 10.1 Å². The first-order chi connectivity index (χ1) is 13.4. The molecule has 1 aromatic heterocycles.